The Bertz CT molecular complexity index is 3530. The lowest BCUT2D eigenvalue weighted by Crippen LogP contribution is -2.17. The Balaban J connectivity index is 1.01. The number of anilines is 3. The minimum absolute atomic E-state index is 0.224. The van der Waals surface area contributed by atoms with E-state index in [2.05, 4.69) is 243 Å². The molecular formula is C61H43NS. The van der Waals surface area contributed by atoms with Crippen molar-refractivity contribution in [3.05, 3.63) is 236 Å². The van der Waals surface area contributed by atoms with E-state index in [0.29, 0.717) is 0 Å². The maximum absolute atomic E-state index is 2.48. The summed E-state index contributed by atoms with van der Waals surface area (Å²) in [5.74, 6) is 0. The molecule has 11 aromatic rings. The average Bonchev–Trinajstić information content (AvgIpc) is 3.83. The summed E-state index contributed by atoms with van der Waals surface area (Å²) in [5.41, 5.74) is 18.3. The van der Waals surface area contributed by atoms with Crippen molar-refractivity contribution in [3.63, 3.8) is 0 Å². The fraction of sp³-hybridized carbons (Fsp3) is 0.0492. The predicted octanol–water partition coefficient (Wildman–Crippen LogP) is 17.7. The summed E-state index contributed by atoms with van der Waals surface area (Å²) < 4.78 is 2.64. The van der Waals surface area contributed by atoms with Gasteiger partial charge in [-0.25, -0.2) is 0 Å². The van der Waals surface area contributed by atoms with Crippen LogP contribution < -0.4 is 4.90 Å². The van der Waals surface area contributed by atoms with Gasteiger partial charge in [0.05, 0.1) is 5.69 Å². The van der Waals surface area contributed by atoms with E-state index in [1.54, 1.807) is 0 Å². The molecule has 1 heterocycles. The van der Waals surface area contributed by atoms with E-state index in [4.69, 9.17) is 0 Å². The predicted molar refractivity (Wildman–Crippen MR) is 271 cm³/mol. The molecule has 0 saturated heterocycles. The number of hydrogen-bond acceptors (Lipinski definition) is 2. The molecule has 298 valence electrons. The van der Waals surface area contributed by atoms with Gasteiger partial charge < -0.3 is 4.90 Å². The van der Waals surface area contributed by atoms with Crippen molar-refractivity contribution in [2.45, 2.75) is 19.3 Å². The van der Waals surface area contributed by atoms with Crippen LogP contribution in [0.5, 0.6) is 0 Å². The second-order valence-corrected chi connectivity index (χ2v) is 18.3. The molecule has 0 N–H and O–H groups in total. The van der Waals surface area contributed by atoms with Crippen molar-refractivity contribution >= 4 is 59.3 Å². The third-order valence-electron chi connectivity index (χ3n) is 13.3. The molecule has 1 aliphatic carbocycles. The third-order valence-corrected chi connectivity index (χ3v) is 14.5. The monoisotopic (exact) mass is 821 g/mol. The molecule has 0 radical (unpaired) electrons. The molecule has 63 heavy (non-hydrogen) atoms. The number of nitrogens with zero attached hydrogens (tertiary/aromatic N) is 1. The van der Waals surface area contributed by atoms with Crippen LogP contribution in [0.25, 0.3) is 86.6 Å². The van der Waals surface area contributed by atoms with Gasteiger partial charge in [0.1, 0.15) is 0 Å². The van der Waals surface area contributed by atoms with Gasteiger partial charge in [0.2, 0.25) is 0 Å². The first kappa shape index (κ1) is 37.3. The number of rotatable bonds is 7. The summed E-state index contributed by atoms with van der Waals surface area (Å²) in [6, 6.07) is 82.9. The van der Waals surface area contributed by atoms with E-state index in [1.807, 2.05) is 11.3 Å². The van der Waals surface area contributed by atoms with E-state index >= 15 is 0 Å². The number of para-hydroxylation sites is 1. The maximum Gasteiger partial charge on any atom is 0.0540 e. The van der Waals surface area contributed by atoms with E-state index in [9.17, 15) is 0 Å². The molecule has 0 fully saturated rings. The average molecular weight is 822 g/mol. The van der Waals surface area contributed by atoms with Crippen LogP contribution in [-0.2, 0) is 5.41 Å². The molecule has 2 heteroatoms. The molecule has 0 atom stereocenters. The number of hydrogen-bond donors (Lipinski definition) is 0. The van der Waals surface area contributed by atoms with Gasteiger partial charge in [0.15, 0.2) is 0 Å². The zero-order chi connectivity index (χ0) is 42.1. The van der Waals surface area contributed by atoms with Crippen molar-refractivity contribution in [2.75, 3.05) is 4.90 Å². The third kappa shape index (κ3) is 6.21. The number of thiophene rings is 1. The molecular weight excluding hydrogens is 779 g/mol. The molecule has 0 amide bonds. The van der Waals surface area contributed by atoms with Gasteiger partial charge in [-0.1, -0.05) is 196 Å². The van der Waals surface area contributed by atoms with Crippen LogP contribution in [0, 0.1) is 0 Å². The SMILES string of the molecule is CC1(C)c2cc(-c3cccc4ccccc34)ccc2-c2ccc(N(c3cccc(-c4cccc5c4sc4ccccc45)c3)c3ccccc3-c3ccc(-c4ccccc4)cc3)cc21. The molecule has 0 spiro atoms. The van der Waals surface area contributed by atoms with Crippen LogP contribution in [-0.4, -0.2) is 0 Å². The quantitative estimate of drug-likeness (QED) is 0.155. The Morgan fingerprint density at radius 2 is 0.905 bits per heavy atom. The zero-order valence-electron chi connectivity index (χ0n) is 35.2. The minimum Gasteiger partial charge on any atom is -0.310 e. The van der Waals surface area contributed by atoms with Crippen LogP contribution in [0.3, 0.4) is 0 Å². The molecule has 12 rings (SSSR count). The maximum atomic E-state index is 2.48. The first-order chi connectivity index (χ1) is 31.0. The number of benzene rings is 10. The Kier molecular flexibility index (Phi) is 8.77. The van der Waals surface area contributed by atoms with Crippen LogP contribution in [0.2, 0.25) is 0 Å². The highest BCUT2D eigenvalue weighted by molar-refractivity contribution is 7.26. The first-order valence-electron chi connectivity index (χ1n) is 21.8. The summed E-state index contributed by atoms with van der Waals surface area (Å²) in [6.45, 7) is 4.79. The van der Waals surface area contributed by atoms with Gasteiger partial charge in [0.25, 0.3) is 0 Å². The van der Waals surface area contributed by atoms with Gasteiger partial charge in [-0.3, -0.25) is 0 Å². The van der Waals surface area contributed by atoms with Gasteiger partial charge in [0, 0.05) is 42.5 Å². The van der Waals surface area contributed by atoms with Crippen molar-refractivity contribution in [1.29, 1.82) is 0 Å². The summed E-state index contributed by atoms with van der Waals surface area (Å²) in [5, 5.41) is 5.17. The molecule has 0 bridgehead atoms. The van der Waals surface area contributed by atoms with Crippen molar-refractivity contribution in [3.8, 4) is 55.6 Å². The normalized spacial score (nSPS) is 12.7. The van der Waals surface area contributed by atoms with E-state index in [-0.39, 0.29) is 5.41 Å². The van der Waals surface area contributed by atoms with Gasteiger partial charge in [-0.2, -0.15) is 0 Å². The van der Waals surface area contributed by atoms with Crippen molar-refractivity contribution in [2.24, 2.45) is 0 Å². The fourth-order valence-corrected chi connectivity index (χ4v) is 11.3. The highest BCUT2D eigenvalue weighted by atomic mass is 32.1. The standard InChI is InChI=1S/C61H43NS/c1-61(2)56-38-45(49-24-13-18-42-17-6-7-21-48(42)49)33-35-52(56)53-36-34-47(39-57(53)61)62(58-27-10-8-22-50(58)43-31-29-41(30-32-43)40-15-4-3-5-16-40)46-20-12-19-44(37-46)51-25-14-26-55-54-23-9-11-28-59(54)63-60(51)55/h3-39H,1-2H3. The lowest BCUT2D eigenvalue weighted by molar-refractivity contribution is 0.660. The lowest BCUT2D eigenvalue weighted by Gasteiger charge is -2.30. The second kappa shape index (κ2) is 14.8. The Hall–Kier alpha value is -7.52. The molecule has 1 aliphatic rings. The largest absolute Gasteiger partial charge is 0.310 e. The van der Waals surface area contributed by atoms with Gasteiger partial charge >= 0.3 is 0 Å². The van der Waals surface area contributed by atoms with Gasteiger partial charge in [-0.15, -0.1) is 11.3 Å². The van der Waals surface area contributed by atoms with Gasteiger partial charge in [-0.05, 0) is 114 Å². The van der Waals surface area contributed by atoms with E-state index in [1.165, 1.54) is 97.7 Å². The topological polar surface area (TPSA) is 3.24 Å². The molecule has 0 saturated carbocycles. The van der Waals surface area contributed by atoms with E-state index in [0.717, 1.165) is 17.1 Å². The Morgan fingerprint density at radius 3 is 1.78 bits per heavy atom. The summed E-state index contributed by atoms with van der Waals surface area (Å²) in [7, 11) is 0. The number of fused-ring (bicyclic) bond motifs is 7. The Morgan fingerprint density at radius 1 is 0.349 bits per heavy atom. The van der Waals surface area contributed by atoms with Crippen molar-refractivity contribution in [1.82, 2.24) is 0 Å². The van der Waals surface area contributed by atoms with Crippen molar-refractivity contribution < 1.29 is 0 Å². The first-order valence-corrected chi connectivity index (χ1v) is 22.6. The highest BCUT2D eigenvalue weighted by Crippen LogP contribution is 2.53. The Labute approximate surface area is 372 Å². The van der Waals surface area contributed by atoms with Crippen LogP contribution in [0.4, 0.5) is 17.1 Å². The molecule has 0 aliphatic heterocycles. The lowest BCUT2D eigenvalue weighted by atomic mass is 9.81. The fourth-order valence-electron chi connectivity index (χ4n) is 10.1. The highest BCUT2D eigenvalue weighted by Gasteiger charge is 2.36. The minimum atomic E-state index is -0.224. The summed E-state index contributed by atoms with van der Waals surface area (Å²) in [4.78, 5) is 2.48. The zero-order valence-corrected chi connectivity index (χ0v) is 36.0. The molecule has 0 unspecified atom stereocenters. The van der Waals surface area contributed by atoms with Crippen LogP contribution >= 0.6 is 11.3 Å². The van der Waals surface area contributed by atoms with Crippen LogP contribution in [0.1, 0.15) is 25.0 Å². The molecule has 1 aromatic heterocycles. The van der Waals surface area contributed by atoms with Crippen LogP contribution in [0.15, 0.2) is 224 Å². The second-order valence-electron chi connectivity index (χ2n) is 17.3. The summed E-state index contributed by atoms with van der Waals surface area (Å²) in [6.07, 6.45) is 0. The smallest absolute Gasteiger partial charge is 0.0540 e. The van der Waals surface area contributed by atoms with E-state index < -0.39 is 0 Å². The molecule has 10 aromatic carbocycles. The summed E-state index contributed by atoms with van der Waals surface area (Å²) >= 11 is 1.88. The molecule has 1 nitrogen and oxygen atoms in total.